The van der Waals surface area contributed by atoms with Gasteiger partial charge in [0.25, 0.3) is 0 Å². The normalized spacial score (nSPS) is 16.8. The lowest BCUT2D eigenvalue weighted by Crippen LogP contribution is -2.40. The van der Waals surface area contributed by atoms with Crippen LogP contribution in [0.15, 0.2) is 0 Å². The highest BCUT2D eigenvalue weighted by molar-refractivity contribution is 4.69. The Labute approximate surface area is 62.6 Å². The van der Waals surface area contributed by atoms with Crippen LogP contribution >= 0.6 is 0 Å². The van der Waals surface area contributed by atoms with Crippen LogP contribution in [0.3, 0.4) is 0 Å². The van der Waals surface area contributed by atoms with E-state index >= 15 is 0 Å². The second-order valence-corrected chi connectivity index (χ2v) is 2.50. The van der Waals surface area contributed by atoms with Gasteiger partial charge in [-0.05, 0) is 13.3 Å². The Morgan fingerprint density at radius 1 is 1.60 bits per heavy atom. The van der Waals surface area contributed by atoms with Crippen molar-refractivity contribution >= 4 is 0 Å². The third kappa shape index (κ3) is 3.82. The summed E-state index contributed by atoms with van der Waals surface area (Å²) in [6.45, 7) is 5.24. The molecule has 2 atom stereocenters. The molecule has 0 aliphatic rings. The molecule has 62 valence electrons. The van der Waals surface area contributed by atoms with Gasteiger partial charge >= 0.3 is 0 Å². The molecule has 0 fully saturated rings. The summed E-state index contributed by atoms with van der Waals surface area (Å²) in [5, 5.41) is 12.3. The molecular formula is C7H18N2O. The minimum Gasteiger partial charge on any atom is -0.392 e. The van der Waals surface area contributed by atoms with Crippen LogP contribution in [0.5, 0.6) is 0 Å². The van der Waals surface area contributed by atoms with E-state index in [1.807, 2.05) is 6.92 Å². The number of aliphatic hydroxyl groups excluding tert-OH is 1. The van der Waals surface area contributed by atoms with Gasteiger partial charge in [-0.3, -0.25) is 0 Å². The van der Waals surface area contributed by atoms with Gasteiger partial charge in [0.15, 0.2) is 0 Å². The monoisotopic (exact) mass is 146 g/mol. The molecular weight excluding hydrogens is 128 g/mol. The third-order valence-electron chi connectivity index (χ3n) is 1.57. The van der Waals surface area contributed by atoms with Crippen LogP contribution in [0.1, 0.15) is 20.3 Å². The first-order chi connectivity index (χ1) is 4.72. The van der Waals surface area contributed by atoms with Crippen LogP contribution in [0.2, 0.25) is 0 Å². The quantitative estimate of drug-likeness (QED) is 0.499. The molecule has 0 rings (SSSR count). The van der Waals surface area contributed by atoms with E-state index in [1.165, 1.54) is 0 Å². The maximum absolute atomic E-state index is 9.14. The van der Waals surface area contributed by atoms with Gasteiger partial charge in [-0.15, -0.1) is 0 Å². The van der Waals surface area contributed by atoms with Gasteiger partial charge < -0.3 is 16.2 Å². The Kier molecular flexibility index (Phi) is 5.58. The lowest BCUT2D eigenvalue weighted by Gasteiger charge is -2.18. The smallest absolute Gasteiger partial charge is 0.0664 e. The van der Waals surface area contributed by atoms with Crippen molar-refractivity contribution in [3.8, 4) is 0 Å². The molecule has 0 spiro atoms. The Balaban J connectivity index is 3.40. The van der Waals surface area contributed by atoms with Crippen molar-refractivity contribution in [2.24, 2.45) is 5.73 Å². The number of hydrogen-bond donors (Lipinski definition) is 3. The van der Waals surface area contributed by atoms with Crippen molar-refractivity contribution in [1.82, 2.24) is 5.32 Å². The third-order valence-corrected chi connectivity index (χ3v) is 1.57. The second kappa shape index (κ2) is 5.65. The first-order valence-corrected chi connectivity index (χ1v) is 3.83. The highest BCUT2D eigenvalue weighted by Crippen LogP contribution is 1.95. The van der Waals surface area contributed by atoms with Gasteiger partial charge in [-0.2, -0.15) is 0 Å². The van der Waals surface area contributed by atoms with E-state index in [4.69, 9.17) is 10.8 Å². The van der Waals surface area contributed by atoms with E-state index in [0.717, 1.165) is 13.0 Å². The molecule has 3 nitrogen and oxygen atoms in total. The van der Waals surface area contributed by atoms with Crippen LogP contribution in [0.4, 0.5) is 0 Å². The van der Waals surface area contributed by atoms with E-state index in [1.54, 1.807) is 6.92 Å². The first kappa shape index (κ1) is 9.88. The highest BCUT2D eigenvalue weighted by Gasteiger charge is 2.09. The lowest BCUT2D eigenvalue weighted by atomic mass is 10.1. The van der Waals surface area contributed by atoms with E-state index in [2.05, 4.69) is 5.32 Å². The van der Waals surface area contributed by atoms with E-state index in [9.17, 15) is 0 Å². The molecule has 0 heterocycles. The molecule has 0 saturated carbocycles. The van der Waals surface area contributed by atoms with Crippen molar-refractivity contribution in [2.75, 3.05) is 13.1 Å². The van der Waals surface area contributed by atoms with Crippen molar-refractivity contribution in [3.05, 3.63) is 0 Å². The summed E-state index contributed by atoms with van der Waals surface area (Å²) >= 11 is 0. The minimum absolute atomic E-state index is 0.198. The largest absolute Gasteiger partial charge is 0.392 e. The second-order valence-electron chi connectivity index (χ2n) is 2.50. The molecule has 4 N–H and O–H groups in total. The fourth-order valence-corrected chi connectivity index (χ4v) is 0.925. The number of aliphatic hydroxyl groups is 1. The highest BCUT2D eigenvalue weighted by atomic mass is 16.3. The molecule has 0 aromatic heterocycles. The van der Waals surface area contributed by atoms with Gasteiger partial charge in [-0.1, -0.05) is 6.92 Å². The molecule has 3 heteroatoms. The van der Waals surface area contributed by atoms with Crippen LogP contribution in [-0.4, -0.2) is 30.3 Å². The SMILES string of the molecule is CCC(NCCN)C(C)O. The van der Waals surface area contributed by atoms with E-state index in [-0.39, 0.29) is 12.1 Å². The van der Waals surface area contributed by atoms with E-state index in [0.29, 0.717) is 6.54 Å². The zero-order valence-corrected chi connectivity index (χ0v) is 6.80. The summed E-state index contributed by atoms with van der Waals surface area (Å²) in [6, 6.07) is 0.198. The minimum atomic E-state index is -0.281. The summed E-state index contributed by atoms with van der Waals surface area (Å²) < 4.78 is 0. The lowest BCUT2D eigenvalue weighted by molar-refractivity contribution is 0.143. The Morgan fingerprint density at radius 2 is 2.20 bits per heavy atom. The Hall–Kier alpha value is -0.120. The molecule has 0 amide bonds. The molecule has 0 saturated heterocycles. The molecule has 0 bridgehead atoms. The van der Waals surface area contributed by atoms with Gasteiger partial charge in [0, 0.05) is 19.1 Å². The molecule has 10 heavy (non-hydrogen) atoms. The van der Waals surface area contributed by atoms with Crippen molar-refractivity contribution in [1.29, 1.82) is 0 Å². The van der Waals surface area contributed by atoms with Gasteiger partial charge in [0.1, 0.15) is 0 Å². The Morgan fingerprint density at radius 3 is 2.50 bits per heavy atom. The van der Waals surface area contributed by atoms with Crippen LogP contribution < -0.4 is 11.1 Å². The summed E-state index contributed by atoms with van der Waals surface area (Å²) in [5.41, 5.74) is 5.29. The van der Waals surface area contributed by atoms with Gasteiger partial charge in [0.05, 0.1) is 6.10 Å². The van der Waals surface area contributed by atoms with Crippen molar-refractivity contribution in [2.45, 2.75) is 32.4 Å². The molecule has 0 radical (unpaired) electrons. The number of nitrogens with two attached hydrogens (primary N) is 1. The molecule has 0 aliphatic heterocycles. The number of hydrogen-bond acceptors (Lipinski definition) is 3. The molecule has 0 aromatic carbocycles. The Bertz CT molecular complexity index is 76.0. The molecule has 0 aliphatic carbocycles. The maximum Gasteiger partial charge on any atom is 0.0664 e. The first-order valence-electron chi connectivity index (χ1n) is 3.83. The fraction of sp³-hybridized carbons (Fsp3) is 1.00. The predicted molar refractivity (Wildman–Crippen MR) is 42.8 cm³/mol. The zero-order valence-electron chi connectivity index (χ0n) is 6.80. The zero-order chi connectivity index (χ0) is 7.98. The van der Waals surface area contributed by atoms with Crippen LogP contribution in [0, 0.1) is 0 Å². The van der Waals surface area contributed by atoms with Crippen LogP contribution in [-0.2, 0) is 0 Å². The predicted octanol–water partition coefficient (Wildman–Crippen LogP) is -0.306. The van der Waals surface area contributed by atoms with Crippen molar-refractivity contribution in [3.63, 3.8) is 0 Å². The average Bonchev–Trinajstić information content (AvgIpc) is 1.89. The standard InChI is InChI=1S/C7H18N2O/c1-3-7(6(2)10)9-5-4-8/h6-7,9-10H,3-5,8H2,1-2H3. The van der Waals surface area contributed by atoms with Gasteiger partial charge in [0.2, 0.25) is 0 Å². The van der Waals surface area contributed by atoms with Crippen molar-refractivity contribution < 1.29 is 5.11 Å². The maximum atomic E-state index is 9.14. The fourth-order valence-electron chi connectivity index (χ4n) is 0.925. The molecule has 0 aromatic rings. The van der Waals surface area contributed by atoms with Gasteiger partial charge in [-0.25, -0.2) is 0 Å². The molecule has 2 unspecified atom stereocenters. The summed E-state index contributed by atoms with van der Waals surface area (Å²) in [7, 11) is 0. The average molecular weight is 146 g/mol. The number of nitrogens with one attached hydrogen (secondary N) is 1. The summed E-state index contributed by atoms with van der Waals surface area (Å²) in [6.07, 6.45) is 0.661. The van der Waals surface area contributed by atoms with E-state index < -0.39 is 0 Å². The summed E-state index contributed by atoms with van der Waals surface area (Å²) in [4.78, 5) is 0. The summed E-state index contributed by atoms with van der Waals surface area (Å²) in [5.74, 6) is 0. The topological polar surface area (TPSA) is 58.3 Å². The van der Waals surface area contributed by atoms with Crippen LogP contribution in [0.25, 0.3) is 0 Å². The number of rotatable bonds is 5.